The van der Waals surface area contributed by atoms with Crippen molar-refractivity contribution in [1.29, 1.82) is 0 Å². The van der Waals surface area contributed by atoms with Gasteiger partial charge < -0.3 is 19.9 Å². The fourth-order valence-corrected chi connectivity index (χ4v) is 2.26. The summed E-state index contributed by atoms with van der Waals surface area (Å²) in [5.74, 6) is 0. The van der Waals surface area contributed by atoms with Gasteiger partial charge in [-0.15, -0.1) is 0 Å². The van der Waals surface area contributed by atoms with E-state index >= 15 is 0 Å². The highest BCUT2D eigenvalue weighted by molar-refractivity contribution is 6.41. The van der Waals surface area contributed by atoms with Gasteiger partial charge in [0, 0.05) is 25.3 Å². The number of aromatic nitrogens is 1. The molecule has 1 atom stereocenters. The van der Waals surface area contributed by atoms with Crippen molar-refractivity contribution in [2.45, 2.75) is 39.5 Å². The number of nitrogens with zero attached hydrogens (tertiary/aromatic N) is 2. The summed E-state index contributed by atoms with van der Waals surface area (Å²) in [4.78, 5) is 13.7. The van der Waals surface area contributed by atoms with Gasteiger partial charge in [0.05, 0.1) is 17.7 Å². The minimum atomic E-state index is -0.568. The van der Waals surface area contributed by atoms with Gasteiger partial charge in [0.25, 0.3) is 0 Å². The summed E-state index contributed by atoms with van der Waals surface area (Å²) in [6, 6.07) is 1.50. The number of aliphatic hydroxyl groups excluding tert-OH is 1. The molecule has 0 aliphatic rings. The minimum absolute atomic E-state index is 0.00480. The average molecular weight is 322 g/mol. The molecule has 0 saturated carbocycles. The molecule has 5 nitrogen and oxygen atoms in total. The SMILES string of the molecule is CC(O)CN(C(=O)NCc1cc(Cl)c(Cl)n1C)C(C)C. The third-order valence-corrected chi connectivity index (χ3v) is 3.82. The summed E-state index contributed by atoms with van der Waals surface area (Å²) in [5, 5.41) is 13.1. The van der Waals surface area contributed by atoms with Crippen LogP contribution in [0.1, 0.15) is 26.5 Å². The van der Waals surface area contributed by atoms with Gasteiger partial charge in [0.15, 0.2) is 0 Å². The molecule has 2 amide bonds. The quantitative estimate of drug-likeness (QED) is 0.875. The Morgan fingerprint density at radius 3 is 2.45 bits per heavy atom. The van der Waals surface area contributed by atoms with E-state index in [1.807, 2.05) is 13.8 Å². The Kier molecular flexibility index (Phi) is 6.17. The molecule has 2 N–H and O–H groups in total. The van der Waals surface area contributed by atoms with Crippen molar-refractivity contribution in [3.05, 3.63) is 21.9 Å². The standard InChI is InChI=1S/C13H21Cl2N3O2/c1-8(2)18(7-9(3)19)13(20)16-6-10-5-11(14)12(15)17(10)4/h5,8-9,19H,6-7H2,1-4H3,(H,16,20). The molecule has 1 unspecified atom stereocenters. The fraction of sp³-hybridized carbons (Fsp3) is 0.615. The second kappa shape index (κ2) is 7.20. The normalized spacial score (nSPS) is 12.6. The van der Waals surface area contributed by atoms with E-state index in [9.17, 15) is 9.90 Å². The van der Waals surface area contributed by atoms with Crippen molar-refractivity contribution >= 4 is 29.2 Å². The maximum atomic E-state index is 12.1. The van der Waals surface area contributed by atoms with Crippen LogP contribution >= 0.6 is 23.2 Å². The second-order valence-electron chi connectivity index (χ2n) is 5.09. The summed E-state index contributed by atoms with van der Waals surface area (Å²) in [5.41, 5.74) is 0.814. The second-order valence-corrected chi connectivity index (χ2v) is 5.85. The maximum Gasteiger partial charge on any atom is 0.318 e. The van der Waals surface area contributed by atoms with E-state index < -0.39 is 6.10 Å². The van der Waals surface area contributed by atoms with Crippen LogP contribution in [-0.2, 0) is 13.6 Å². The van der Waals surface area contributed by atoms with Crippen molar-refractivity contribution in [3.8, 4) is 0 Å². The van der Waals surface area contributed by atoms with Crippen molar-refractivity contribution in [3.63, 3.8) is 0 Å². The number of aliphatic hydroxyl groups is 1. The van der Waals surface area contributed by atoms with Crippen LogP contribution in [-0.4, -0.2) is 39.3 Å². The monoisotopic (exact) mass is 321 g/mol. The van der Waals surface area contributed by atoms with Gasteiger partial charge in [-0.1, -0.05) is 23.2 Å². The first-order valence-corrected chi connectivity index (χ1v) is 7.21. The largest absolute Gasteiger partial charge is 0.392 e. The highest BCUT2D eigenvalue weighted by atomic mass is 35.5. The molecular weight excluding hydrogens is 301 g/mol. The Hall–Kier alpha value is -0.910. The molecule has 114 valence electrons. The predicted molar refractivity (Wildman–Crippen MR) is 81.2 cm³/mol. The first kappa shape index (κ1) is 17.1. The molecule has 0 radical (unpaired) electrons. The molecule has 0 aliphatic heterocycles. The van der Waals surface area contributed by atoms with E-state index in [1.165, 1.54) is 0 Å². The molecule has 0 aliphatic carbocycles. The lowest BCUT2D eigenvalue weighted by Crippen LogP contribution is -2.46. The van der Waals surface area contributed by atoms with Crippen LogP contribution in [0.3, 0.4) is 0 Å². The lowest BCUT2D eigenvalue weighted by atomic mass is 10.3. The van der Waals surface area contributed by atoms with Crippen molar-refractivity contribution in [1.82, 2.24) is 14.8 Å². The Morgan fingerprint density at radius 1 is 1.45 bits per heavy atom. The number of urea groups is 1. The molecule has 1 aromatic rings. The number of hydrogen-bond acceptors (Lipinski definition) is 2. The van der Waals surface area contributed by atoms with E-state index in [4.69, 9.17) is 23.2 Å². The summed E-state index contributed by atoms with van der Waals surface area (Å²) in [7, 11) is 1.78. The third kappa shape index (κ3) is 4.30. The van der Waals surface area contributed by atoms with Crippen LogP contribution < -0.4 is 5.32 Å². The fourth-order valence-electron chi connectivity index (χ4n) is 1.84. The topological polar surface area (TPSA) is 57.5 Å². The van der Waals surface area contributed by atoms with Gasteiger partial charge in [0.2, 0.25) is 0 Å². The lowest BCUT2D eigenvalue weighted by Gasteiger charge is -2.28. The number of hydrogen-bond donors (Lipinski definition) is 2. The van der Waals surface area contributed by atoms with Gasteiger partial charge in [0.1, 0.15) is 5.15 Å². The van der Waals surface area contributed by atoms with Gasteiger partial charge in [-0.05, 0) is 26.8 Å². The first-order valence-electron chi connectivity index (χ1n) is 6.46. The molecular formula is C13H21Cl2N3O2. The number of carbonyl (C=O) groups is 1. The van der Waals surface area contributed by atoms with E-state index in [-0.39, 0.29) is 18.6 Å². The molecule has 0 fully saturated rings. The molecule has 0 spiro atoms. The molecule has 0 saturated heterocycles. The number of nitrogens with one attached hydrogen (secondary N) is 1. The molecule has 20 heavy (non-hydrogen) atoms. The van der Waals surface area contributed by atoms with Crippen molar-refractivity contribution in [2.75, 3.05) is 6.54 Å². The van der Waals surface area contributed by atoms with Crippen LogP contribution in [0.2, 0.25) is 10.2 Å². The van der Waals surface area contributed by atoms with Crippen LogP contribution in [0.25, 0.3) is 0 Å². The molecule has 7 heteroatoms. The van der Waals surface area contributed by atoms with Gasteiger partial charge >= 0.3 is 6.03 Å². The minimum Gasteiger partial charge on any atom is -0.392 e. The maximum absolute atomic E-state index is 12.1. The summed E-state index contributed by atoms with van der Waals surface area (Å²) >= 11 is 11.9. The Balaban J connectivity index is 2.67. The van der Waals surface area contributed by atoms with Crippen LogP contribution in [0, 0.1) is 0 Å². The smallest absolute Gasteiger partial charge is 0.318 e. The van der Waals surface area contributed by atoms with E-state index in [1.54, 1.807) is 29.5 Å². The predicted octanol–water partition coefficient (Wildman–Crippen LogP) is 2.63. The van der Waals surface area contributed by atoms with Gasteiger partial charge in [-0.25, -0.2) is 4.79 Å². The van der Waals surface area contributed by atoms with Crippen LogP contribution in [0.5, 0.6) is 0 Å². The van der Waals surface area contributed by atoms with Crippen molar-refractivity contribution < 1.29 is 9.90 Å². The Morgan fingerprint density at radius 2 is 2.05 bits per heavy atom. The first-order chi connectivity index (χ1) is 9.23. The third-order valence-electron chi connectivity index (χ3n) is 2.98. The number of rotatable bonds is 5. The number of amides is 2. The highest BCUT2D eigenvalue weighted by Crippen LogP contribution is 2.24. The van der Waals surface area contributed by atoms with Gasteiger partial charge in [-0.3, -0.25) is 0 Å². The zero-order valence-electron chi connectivity index (χ0n) is 12.2. The Labute approximate surface area is 129 Å². The van der Waals surface area contributed by atoms with E-state index in [0.717, 1.165) is 5.69 Å². The van der Waals surface area contributed by atoms with Crippen LogP contribution in [0.15, 0.2) is 6.07 Å². The average Bonchev–Trinajstić information content (AvgIpc) is 2.60. The number of carbonyl (C=O) groups excluding carboxylic acids is 1. The van der Waals surface area contributed by atoms with E-state index in [0.29, 0.717) is 16.7 Å². The molecule has 1 rings (SSSR count). The zero-order chi connectivity index (χ0) is 15.4. The summed E-state index contributed by atoms with van der Waals surface area (Å²) in [6.07, 6.45) is -0.568. The summed E-state index contributed by atoms with van der Waals surface area (Å²) in [6.45, 7) is 6.07. The zero-order valence-corrected chi connectivity index (χ0v) is 13.7. The molecule has 0 aromatic carbocycles. The number of halogens is 2. The van der Waals surface area contributed by atoms with Crippen LogP contribution in [0.4, 0.5) is 4.79 Å². The highest BCUT2D eigenvalue weighted by Gasteiger charge is 2.19. The summed E-state index contributed by atoms with van der Waals surface area (Å²) < 4.78 is 1.72. The van der Waals surface area contributed by atoms with Gasteiger partial charge in [-0.2, -0.15) is 0 Å². The lowest BCUT2D eigenvalue weighted by molar-refractivity contribution is 0.118. The van der Waals surface area contributed by atoms with E-state index in [2.05, 4.69) is 5.32 Å². The molecule has 1 aromatic heterocycles. The molecule has 1 heterocycles. The van der Waals surface area contributed by atoms with Crippen molar-refractivity contribution in [2.24, 2.45) is 7.05 Å². The molecule has 0 bridgehead atoms. The Bertz CT molecular complexity index is 472.